The summed E-state index contributed by atoms with van der Waals surface area (Å²) in [6.07, 6.45) is 2.75. The number of hydrogen-bond acceptors (Lipinski definition) is 3. The molecule has 1 aliphatic heterocycles. The number of aliphatic hydroxyl groups is 1. The van der Waals surface area contributed by atoms with E-state index in [1.165, 1.54) is 0 Å². The molecule has 1 fully saturated rings. The average Bonchev–Trinajstić information content (AvgIpc) is 2.79. The fourth-order valence-corrected chi connectivity index (χ4v) is 2.48. The molecule has 1 aromatic rings. The van der Waals surface area contributed by atoms with Crippen molar-refractivity contribution in [2.24, 2.45) is 5.92 Å². The SMILES string of the molecule is CCc1cc(C)c(C(=O)N2CCCC(CO)C2)o1. The molecular weight excluding hydrogens is 230 g/mol. The van der Waals surface area contributed by atoms with Gasteiger partial charge < -0.3 is 14.4 Å². The van der Waals surface area contributed by atoms with E-state index >= 15 is 0 Å². The molecule has 0 bridgehead atoms. The Morgan fingerprint density at radius 2 is 2.39 bits per heavy atom. The summed E-state index contributed by atoms with van der Waals surface area (Å²) in [7, 11) is 0. The van der Waals surface area contributed by atoms with Crippen LogP contribution in [0.1, 0.15) is 41.6 Å². The second-order valence-electron chi connectivity index (χ2n) is 5.02. The lowest BCUT2D eigenvalue weighted by molar-refractivity contribution is 0.0587. The summed E-state index contributed by atoms with van der Waals surface area (Å²) in [6, 6.07) is 1.93. The van der Waals surface area contributed by atoms with Crippen LogP contribution in [0.5, 0.6) is 0 Å². The van der Waals surface area contributed by atoms with Gasteiger partial charge in [0, 0.05) is 31.7 Å². The molecule has 1 unspecified atom stereocenters. The molecule has 100 valence electrons. The first-order valence-electron chi connectivity index (χ1n) is 6.65. The molecule has 2 heterocycles. The molecule has 0 aromatic carbocycles. The van der Waals surface area contributed by atoms with Crippen molar-refractivity contribution in [2.75, 3.05) is 19.7 Å². The summed E-state index contributed by atoms with van der Waals surface area (Å²) in [5.41, 5.74) is 0.906. The van der Waals surface area contributed by atoms with Crippen LogP contribution in [0.15, 0.2) is 10.5 Å². The highest BCUT2D eigenvalue weighted by atomic mass is 16.4. The lowest BCUT2D eigenvalue weighted by Gasteiger charge is -2.31. The summed E-state index contributed by atoms with van der Waals surface area (Å²) in [6.45, 7) is 5.47. The number of aryl methyl sites for hydroxylation is 2. The quantitative estimate of drug-likeness (QED) is 0.894. The minimum Gasteiger partial charge on any atom is -0.456 e. The Morgan fingerprint density at radius 1 is 1.61 bits per heavy atom. The topological polar surface area (TPSA) is 53.7 Å². The van der Waals surface area contributed by atoms with Gasteiger partial charge in [0.15, 0.2) is 5.76 Å². The minimum absolute atomic E-state index is 0.0367. The zero-order valence-corrected chi connectivity index (χ0v) is 11.1. The normalized spacial score (nSPS) is 20.2. The average molecular weight is 251 g/mol. The molecule has 1 atom stereocenters. The molecule has 1 aliphatic rings. The Hall–Kier alpha value is -1.29. The van der Waals surface area contributed by atoms with E-state index in [0.717, 1.165) is 37.1 Å². The zero-order valence-electron chi connectivity index (χ0n) is 11.1. The molecule has 0 spiro atoms. The first-order valence-corrected chi connectivity index (χ1v) is 6.65. The number of piperidine rings is 1. The van der Waals surface area contributed by atoms with E-state index in [4.69, 9.17) is 4.42 Å². The molecule has 0 saturated carbocycles. The molecule has 2 rings (SSSR count). The Morgan fingerprint density at radius 3 is 3.00 bits per heavy atom. The van der Waals surface area contributed by atoms with Crippen LogP contribution in [0.3, 0.4) is 0 Å². The Bertz CT molecular complexity index is 425. The summed E-state index contributed by atoms with van der Waals surface area (Å²) >= 11 is 0. The summed E-state index contributed by atoms with van der Waals surface area (Å²) in [5.74, 6) is 1.49. The zero-order chi connectivity index (χ0) is 13.1. The van der Waals surface area contributed by atoms with Crippen molar-refractivity contribution in [1.29, 1.82) is 0 Å². The molecule has 1 amide bonds. The van der Waals surface area contributed by atoms with Gasteiger partial charge in [-0.25, -0.2) is 0 Å². The van der Waals surface area contributed by atoms with Gasteiger partial charge in [-0.1, -0.05) is 6.92 Å². The number of carbonyl (C=O) groups is 1. The third-order valence-corrected chi connectivity index (χ3v) is 3.58. The third kappa shape index (κ3) is 2.58. The fourth-order valence-electron chi connectivity index (χ4n) is 2.48. The minimum atomic E-state index is -0.0367. The van der Waals surface area contributed by atoms with Crippen molar-refractivity contribution < 1.29 is 14.3 Å². The lowest BCUT2D eigenvalue weighted by Crippen LogP contribution is -2.41. The van der Waals surface area contributed by atoms with Gasteiger partial charge in [-0.3, -0.25) is 4.79 Å². The Kier molecular flexibility index (Phi) is 4.07. The van der Waals surface area contributed by atoms with Crippen LogP contribution in [0.25, 0.3) is 0 Å². The number of nitrogens with zero attached hydrogens (tertiary/aromatic N) is 1. The van der Waals surface area contributed by atoms with Crippen molar-refractivity contribution in [3.8, 4) is 0 Å². The van der Waals surface area contributed by atoms with Gasteiger partial charge >= 0.3 is 0 Å². The van der Waals surface area contributed by atoms with Gasteiger partial charge in [0.1, 0.15) is 5.76 Å². The standard InChI is InChI=1S/C14H21NO3/c1-3-12-7-10(2)13(18-12)14(17)15-6-4-5-11(8-15)9-16/h7,11,16H,3-6,8-9H2,1-2H3. The van der Waals surface area contributed by atoms with E-state index in [-0.39, 0.29) is 18.4 Å². The maximum absolute atomic E-state index is 12.4. The van der Waals surface area contributed by atoms with Crippen molar-refractivity contribution in [1.82, 2.24) is 4.90 Å². The van der Waals surface area contributed by atoms with Crippen LogP contribution < -0.4 is 0 Å². The highest BCUT2D eigenvalue weighted by Gasteiger charge is 2.27. The van der Waals surface area contributed by atoms with Crippen LogP contribution >= 0.6 is 0 Å². The van der Waals surface area contributed by atoms with Crippen LogP contribution in [0.4, 0.5) is 0 Å². The molecule has 4 heteroatoms. The predicted molar refractivity (Wildman–Crippen MR) is 68.5 cm³/mol. The first-order chi connectivity index (χ1) is 8.65. The summed E-state index contributed by atoms with van der Waals surface area (Å²) < 4.78 is 5.59. The van der Waals surface area contributed by atoms with Crippen molar-refractivity contribution >= 4 is 5.91 Å². The summed E-state index contributed by atoms with van der Waals surface area (Å²) in [4.78, 5) is 14.2. The fraction of sp³-hybridized carbons (Fsp3) is 0.643. The van der Waals surface area contributed by atoms with E-state index in [2.05, 4.69) is 0 Å². The summed E-state index contributed by atoms with van der Waals surface area (Å²) in [5, 5.41) is 9.20. The number of hydrogen-bond donors (Lipinski definition) is 1. The number of likely N-dealkylation sites (tertiary alicyclic amines) is 1. The predicted octanol–water partition coefficient (Wildman–Crippen LogP) is 1.99. The van der Waals surface area contributed by atoms with E-state index < -0.39 is 0 Å². The van der Waals surface area contributed by atoms with Gasteiger partial charge in [-0.05, 0) is 31.7 Å². The monoisotopic (exact) mass is 251 g/mol. The molecule has 0 radical (unpaired) electrons. The van der Waals surface area contributed by atoms with Gasteiger partial charge in [-0.15, -0.1) is 0 Å². The number of amides is 1. The maximum atomic E-state index is 12.4. The molecule has 0 aliphatic carbocycles. The smallest absolute Gasteiger partial charge is 0.289 e. The van der Waals surface area contributed by atoms with Crippen molar-refractivity contribution in [2.45, 2.75) is 33.1 Å². The largest absolute Gasteiger partial charge is 0.456 e. The van der Waals surface area contributed by atoms with Crippen LogP contribution in [-0.2, 0) is 6.42 Å². The molecule has 1 aromatic heterocycles. The van der Waals surface area contributed by atoms with Gasteiger partial charge in [0.25, 0.3) is 5.91 Å². The maximum Gasteiger partial charge on any atom is 0.289 e. The van der Waals surface area contributed by atoms with Crippen LogP contribution in [0.2, 0.25) is 0 Å². The van der Waals surface area contributed by atoms with Gasteiger partial charge in [0.2, 0.25) is 0 Å². The van der Waals surface area contributed by atoms with Crippen LogP contribution in [0, 0.1) is 12.8 Å². The molecular formula is C14H21NO3. The third-order valence-electron chi connectivity index (χ3n) is 3.58. The lowest BCUT2D eigenvalue weighted by atomic mass is 9.99. The van der Waals surface area contributed by atoms with E-state index in [1.54, 1.807) is 4.90 Å². The molecule has 1 N–H and O–H groups in total. The highest BCUT2D eigenvalue weighted by molar-refractivity contribution is 5.93. The Balaban J connectivity index is 2.12. The van der Waals surface area contributed by atoms with E-state index in [0.29, 0.717) is 12.3 Å². The molecule has 4 nitrogen and oxygen atoms in total. The second kappa shape index (κ2) is 5.57. The van der Waals surface area contributed by atoms with Crippen molar-refractivity contribution in [3.63, 3.8) is 0 Å². The van der Waals surface area contributed by atoms with Crippen LogP contribution in [-0.4, -0.2) is 35.6 Å². The number of furan rings is 1. The van der Waals surface area contributed by atoms with Crippen molar-refractivity contribution in [3.05, 3.63) is 23.2 Å². The first kappa shape index (κ1) is 13.1. The van der Waals surface area contributed by atoms with E-state index in [9.17, 15) is 9.90 Å². The Labute approximate surface area is 108 Å². The number of rotatable bonds is 3. The van der Waals surface area contributed by atoms with Gasteiger partial charge in [0.05, 0.1) is 0 Å². The molecule has 1 saturated heterocycles. The highest BCUT2D eigenvalue weighted by Crippen LogP contribution is 2.21. The molecule has 18 heavy (non-hydrogen) atoms. The van der Waals surface area contributed by atoms with Gasteiger partial charge in [-0.2, -0.15) is 0 Å². The number of aliphatic hydroxyl groups excluding tert-OH is 1. The van der Waals surface area contributed by atoms with E-state index in [1.807, 2.05) is 19.9 Å². The second-order valence-corrected chi connectivity index (χ2v) is 5.02. The number of carbonyl (C=O) groups excluding carboxylic acids is 1.